The van der Waals surface area contributed by atoms with Gasteiger partial charge in [0.15, 0.2) is 5.69 Å². The third-order valence-electron chi connectivity index (χ3n) is 10.6. The number of carbonyl (C=O) groups is 3. The first kappa shape index (κ1) is 34.2. The highest BCUT2D eigenvalue weighted by Crippen LogP contribution is 2.68. The first-order valence-corrected chi connectivity index (χ1v) is 16.6. The normalized spacial score (nSPS) is 33.2. The quantitative estimate of drug-likeness (QED) is 0.315. The standard InChI is InChI=1S/C34H42F4N4O6/c1-6-18-23(16-43)42-15-25(18)47-29-27(39-21-11-10-17(46-5)13-22(21)40-29)33(35,36)12-8-7-9-19-24(14-20-26(19)34(20,37)38)48-31(45)41-28(30(42)44)32(2,3)4/h10-11,13,16,18-20,23-26,28H,6-9,12,14-15H2,1-5H3,(H,41,45)/t18-,19-,20?,23+,24+,25-,26?,28+/m0/s1. The van der Waals surface area contributed by atoms with Crippen LogP contribution < -0.4 is 14.8 Å². The number of ether oxygens (including phenoxy) is 3. The molecular formula is C34H42F4N4O6. The van der Waals surface area contributed by atoms with Gasteiger partial charge in [-0.3, -0.25) is 4.79 Å². The minimum atomic E-state index is -3.52. The maximum Gasteiger partial charge on any atom is 0.408 e. The van der Waals surface area contributed by atoms with Crippen molar-refractivity contribution in [3.63, 3.8) is 0 Å². The Hall–Kier alpha value is -3.71. The summed E-state index contributed by atoms with van der Waals surface area (Å²) in [5.74, 6) is -10.2. The number of nitrogens with one attached hydrogen (secondary N) is 1. The number of nitrogens with zero attached hydrogens (tertiary/aromatic N) is 3. The van der Waals surface area contributed by atoms with Gasteiger partial charge in [-0.2, -0.15) is 8.78 Å². The van der Waals surface area contributed by atoms with Gasteiger partial charge >= 0.3 is 6.09 Å². The number of methoxy groups -OCH3 is 1. The summed E-state index contributed by atoms with van der Waals surface area (Å²) in [5.41, 5.74) is -1.09. The Morgan fingerprint density at radius 1 is 1.08 bits per heavy atom. The van der Waals surface area contributed by atoms with E-state index in [-0.39, 0.29) is 43.3 Å². The number of carbonyl (C=O) groups excluding carboxylic acids is 3. The highest BCUT2D eigenvalue weighted by atomic mass is 19.3. The third kappa shape index (κ3) is 6.04. The maximum atomic E-state index is 16.1. The van der Waals surface area contributed by atoms with Gasteiger partial charge in [0.1, 0.15) is 30.3 Å². The first-order chi connectivity index (χ1) is 22.6. The number of rotatable bonds is 3. The molecule has 3 heterocycles. The van der Waals surface area contributed by atoms with Gasteiger partial charge in [-0.25, -0.2) is 23.5 Å². The van der Waals surface area contributed by atoms with E-state index in [2.05, 4.69) is 15.3 Å². The van der Waals surface area contributed by atoms with Crippen LogP contribution in [0.15, 0.2) is 18.2 Å². The van der Waals surface area contributed by atoms with E-state index in [1.807, 2.05) is 0 Å². The van der Waals surface area contributed by atoms with Crippen molar-refractivity contribution in [2.24, 2.45) is 29.1 Å². The number of alkyl carbamates (subject to hydrolysis) is 1. The molecule has 1 aromatic carbocycles. The Morgan fingerprint density at radius 3 is 2.50 bits per heavy atom. The highest BCUT2D eigenvalue weighted by molar-refractivity contribution is 5.89. The summed E-state index contributed by atoms with van der Waals surface area (Å²) >= 11 is 0. The number of benzene rings is 1. The van der Waals surface area contributed by atoms with Gasteiger partial charge in [0, 0.05) is 36.2 Å². The second-order valence-electron chi connectivity index (χ2n) is 14.6. The van der Waals surface area contributed by atoms with Crippen LogP contribution in [0.3, 0.4) is 0 Å². The van der Waals surface area contributed by atoms with Gasteiger partial charge in [0.05, 0.1) is 30.7 Å². The van der Waals surface area contributed by atoms with Crippen molar-refractivity contribution in [2.75, 3.05) is 13.7 Å². The van der Waals surface area contributed by atoms with Gasteiger partial charge in [0.25, 0.3) is 11.8 Å². The fourth-order valence-electron chi connectivity index (χ4n) is 7.96. The molecule has 2 unspecified atom stereocenters. The highest BCUT2D eigenvalue weighted by Gasteiger charge is 2.76. The molecule has 262 valence electrons. The lowest BCUT2D eigenvalue weighted by Crippen LogP contribution is -2.56. The van der Waals surface area contributed by atoms with Crippen LogP contribution in [-0.4, -0.2) is 77.0 Å². The molecule has 2 aromatic rings. The molecule has 1 N–H and O–H groups in total. The predicted molar refractivity (Wildman–Crippen MR) is 165 cm³/mol. The largest absolute Gasteiger partial charge is 0.497 e. The van der Waals surface area contributed by atoms with Crippen molar-refractivity contribution in [2.45, 2.75) is 102 Å². The first-order valence-electron chi connectivity index (χ1n) is 16.6. The molecule has 0 radical (unpaired) electrons. The molecule has 1 aromatic heterocycles. The zero-order valence-electron chi connectivity index (χ0n) is 27.7. The number of halogens is 4. The summed E-state index contributed by atoms with van der Waals surface area (Å²) in [6.45, 7) is 6.87. The average molecular weight is 679 g/mol. The molecule has 2 saturated carbocycles. The van der Waals surface area contributed by atoms with Crippen molar-refractivity contribution in [1.82, 2.24) is 20.2 Å². The summed E-state index contributed by atoms with van der Waals surface area (Å²) in [6.07, 6.45) is -2.05. The Labute approximate surface area is 276 Å². The number of aldehydes is 1. The molecule has 2 amide bonds. The zero-order chi connectivity index (χ0) is 34.8. The minimum Gasteiger partial charge on any atom is -0.497 e. The molecule has 6 rings (SSSR count). The molecule has 1 saturated heterocycles. The van der Waals surface area contributed by atoms with E-state index in [0.717, 1.165) is 0 Å². The van der Waals surface area contributed by atoms with Crippen LogP contribution in [-0.2, 0) is 20.2 Å². The lowest BCUT2D eigenvalue weighted by atomic mass is 9.85. The molecule has 14 heteroatoms. The Kier molecular flexibility index (Phi) is 8.76. The van der Waals surface area contributed by atoms with Crippen LogP contribution >= 0.6 is 0 Å². The lowest BCUT2D eigenvalue weighted by molar-refractivity contribution is -0.139. The number of alkyl halides is 4. The second kappa shape index (κ2) is 12.3. The molecule has 2 aliphatic heterocycles. The summed E-state index contributed by atoms with van der Waals surface area (Å²) in [6, 6.07) is 2.50. The number of aromatic nitrogens is 2. The van der Waals surface area contributed by atoms with E-state index in [1.54, 1.807) is 39.8 Å². The Bertz CT molecular complexity index is 1580. The summed E-state index contributed by atoms with van der Waals surface area (Å²) in [7, 11) is 1.46. The SMILES string of the molecule is CC[C@@H]1[C@@H]2CN(C(=O)[C@H](C(C)(C)C)NC(=O)O[C@@H]3CC4C([C@H]3CCCCC(F)(F)c3nc5ccc(OC)cc5nc3O2)C4(F)F)[C@@H]1C=O. The molecule has 48 heavy (non-hydrogen) atoms. The topological polar surface area (TPSA) is 120 Å². The molecule has 8 atom stereocenters. The molecule has 4 aliphatic rings. The zero-order valence-corrected chi connectivity index (χ0v) is 27.7. The molecule has 3 fully saturated rings. The number of amides is 2. The minimum absolute atomic E-state index is 0.0181. The fourth-order valence-corrected chi connectivity index (χ4v) is 7.96. The van der Waals surface area contributed by atoms with Crippen LogP contribution in [0.4, 0.5) is 22.4 Å². The molecule has 2 bridgehead atoms. The third-order valence-corrected chi connectivity index (χ3v) is 10.6. The van der Waals surface area contributed by atoms with Gasteiger partial charge in [-0.15, -0.1) is 0 Å². The maximum absolute atomic E-state index is 16.1. The van der Waals surface area contributed by atoms with Crippen LogP contribution in [0.5, 0.6) is 11.6 Å². The van der Waals surface area contributed by atoms with E-state index in [4.69, 9.17) is 14.2 Å². The lowest BCUT2D eigenvalue weighted by Gasteiger charge is -2.35. The number of hydrogen-bond acceptors (Lipinski definition) is 8. The smallest absolute Gasteiger partial charge is 0.408 e. The van der Waals surface area contributed by atoms with Crippen LogP contribution in [0, 0.1) is 29.1 Å². The monoisotopic (exact) mass is 678 g/mol. The summed E-state index contributed by atoms with van der Waals surface area (Å²) < 4.78 is 78.5. The second-order valence-corrected chi connectivity index (χ2v) is 14.6. The van der Waals surface area contributed by atoms with Gasteiger partial charge in [-0.05, 0) is 43.2 Å². The van der Waals surface area contributed by atoms with E-state index in [1.165, 1.54) is 18.1 Å². The van der Waals surface area contributed by atoms with E-state index < -0.39 is 95.2 Å². The van der Waals surface area contributed by atoms with Crippen molar-refractivity contribution < 1.29 is 46.2 Å². The van der Waals surface area contributed by atoms with Gasteiger partial charge in [0.2, 0.25) is 11.8 Å². The van der Waals surface area contributed by atoms with Crippen LogP contribution in [0.25, 0.3) is 11.0 Å². The Morgan fingerprint density at radius 2 is 1.83 bits per heavy atom. The van der Waals surface area contributed by atoms with Crippen LogP contribution in [0.1, 0.15) is 71.9 Å². The van der Waals surface area contributed by atoms with Gasteiger partial charge < -0.3 is 29.2 Å². The fraction of sp³-hybridized carbons (Fsp3) is 0.676. The summed E-state index contributed by atoms with van der Waals surface area (Å²) in [5, 5.41) is 2.66. The summed E-state index contributed by atoms with van der Waals surface area (Å²) in [4.78, 5) is 50.0. The predicted octanol–water partition coefficient (Wildman–Crippen LogP) is 5.90. The van der Waals surface area contributed by atoms with Crippen molar-refractivity contribution in [3.05, 3.63) is 23.9 Å². The molecule has 0 spiro atoms. The van der Waals surface area contributed by atoms with Crippen LogP contribution in [0.2, 0.25) is 0 Å². The number of hydrogen-bond donors (Lipinski definition) is 1. The van der Waals surface area contributed by atoms with Crippen molar-refractivity contribution >= 4 is 29.3 Å². The van der Waals surface area contributed by atoms with E-state index in [9.17, 15) is 23.2 Å². The van der Waals surface area contributed by atoms with Gasteiger partial charge in [-0.1, -0.05) is 34.1 Å². The van der Waals surface area contributed by atoms with Crippen molar-refractivity contribution in [1.29, 1.82) is 0 Å². The molecule has 2 aliphatic carbocycles. The molecular weight excluding hydrogens is 636 g/mol. The number of fused-ring (bicyclic) bond motifs is 7. The average Bonchev–Trinajstić information content (AvgIpc) is 3.30. The van der Waals surface area contributed by atoms with Crippen molar-refractivity contribution in [3.8, 4) is 11.6 Å². The van der Waals surface area contributed by atoms with E-state index in [0.29, 0.717) is 18.5 Å². The Balaban J connectivity index is 1.41. The molecule has 10 nitrogen and oxygen atoms in total. The van der Waals surface area contributed by atoms with E-state index >= 15 is 8.78 Å².